The number of benzene rings is 1. The molecular formula is C31H38F17NO5Si. The molecular weight excluding hydrogens is 817 g/mol. The minimum absolute atomic E-state index is 0.0151. The smallest absolute Gasteiger partial charge is 0.460 e. The van der Waals surface area contributed by atoms with Crippen LogP contribution < -0.4 is 10.2 Å². The Morgan fingerprint density at radius 2 is 1.11 bits per heavy atom. The summed E-state index contributed by atoms with van der Waals surface area (Å²) in [4.78, 5) is 11.5. The first-order chi connectivity index (χ1) is 24.5. The molecule has 0 aliphatic carbocycles. The van der Waals surface area contributed by atoms with E-state index in [9.17, 15) is 84.5 Å². The van der Waals surface area contributed by atoms with Gasteiger partial charge >= 0.3 is 47.6 Å². The monoisotopic (exact) mass is 855 g/mol. The Kier molecular flexibility index (Phi) is 15.4. The van der Waals surface area contributed by atoms with Gasteiger partial charge in [0.2, 0.25) is 0 Å². The first-order valence-corrected chi connectivity index (χ1v) is 18.1. The number of halogens is 17. The molecule has 1 atom stereocenters. The Balaban J connectivity index is 3.23. The van der Waals surface area contributed by atoms with Crippen LogP contribution in [0.1, 0.15) is 66.1 Å². The standard InChI is InChI=1S/C31H38F17NO5Si/c1-16(2)55(17(3)4,54-13-12-53-21-9-7-20(8-10-21)22(50)15-18(5)19(6)23(51)49-52)14-11-24(32,33)25(34,35)26(36,37)27(38,39)28(40,41)29(42,43)30(44,45)31(46,47)48/h7-10,16-17,22,50,52H,11-15H2,1-6H3,(H,49,51)/b19-18+/t22-/m1/s1. The van der Waals surface area contributed by atoms with E-state index < -0.39 is 105 Å². The normalized spacial score (nSPS) is 15.7. The van der Waals surface area contributed by atoms with Gasteiger partial charge in [-0.05, 0) is 55.1 Å². The molecule has 1 rings (SSSR count). The predicted octanol–water partition coefficient (Wildman–Crippen LogP) is 10.5. The molecule has 24 heteroatoms. The molecule has 0 radical (unpaired) electrons. The number of hydrogen-bond acceptors (Lipinski definition) is 5. The first-order valence-electron chi connectivity index (χ1n) is 15.8. The maximum atomic E-state index is 14.8. The van der Waals surface area contributed by atoms with Gasteiger partial charge in [0.1, 0.15) is 12.4 Å². The van der Waals surface area contributed by atoms with Gasteiger partial charge in [0.25, 0.3) is 5.91 Å². The van der Waals surface area contributed by atoms with Gasteiger partial charge in [-0.2, -0.15) is 74.6 Å². The van der Waals surface area contributed by atoms with E-state index in [1.165, 1.54) is 71.3 Å². The Bertz CT molecular complexity index is 1470. The Hall–Kier alpha value is -2.86. The molecule has 0 aromatic heterocycles. The number of hydrogen-bond donors (Lipinski definition) is 3. The topological polar surface area (TPSA) is 88.0 Å². The molecule has 0 saturated carbocycles. The quantitative estimate of drug-likeness (QED) is 0.0304. The van der Waals surface area contributed by atoms with Crippen molar-refractivity contribution in [1.82, 2.24) is 5.48 Å². The minimum atomic E-state index is -8.69. The number of amides is 1. The van der Waals surface area contributed by atoms with Gasteiger partial charge in [-0.15, -0.1) is 0 Å². The minimum Gasteiger partial charge on any atom is -0.491 e. The Labute approximate surface area is 304 Å². The van der Waals surface area contributed by atoms with Crippen LogP contribution in [-0.4, -0.2) is 85.4 Å². The van der Waals surface area contributed by atoms with E-state index in [1.54, 1.807) is 0 Å². The summed E-state index contributed by atoms with van der Waals surface area (Å²) in [5.41, 5.74) is 0.653. The summed E-state index contributed by atoms with van der Waals surface area (Å²) in [5, 5.41) is 19.2. The summed E-state index contributed by atoms with van der Waals surface area (Å²) < 4.78 is 245. The van der Waals surface area contributed by atoms with Crippen molar-refractivity contribution < 1.29 is 98.9 Å². The lowest BCUT2D eigenvalue weighted by atomic mass is 9.88. The number of hydroxylamine groups is 1. The fourth-order valence-electron chi connectivity index (χ4n) is 5.37. The summed E-state index contributed by atoms with van der Waals surface area (Å²) >= 11 is 0. The van der Waals surface area contributed by atoms with E-state index in [0.29, 0.717) is 11.1 Å². The van der Waals surface area contributed by atoms with Crippen LogP contribution in [0.15, 0.2) is 35.4 Å². The Morgan fingerprint density at radius 3 is 1.51 bits per heavy atom. The van der Waals surface area contributed by atoms with Crippen LogP contribution in [-0.2, 0) is 9.22 Å². The fraction of sp³-hybridized carbons (Fsp3) is 0.710. The molecule has 0 bridgehead atoms. The van der Waals surface area contributed by atoms with Gasteiger partial charge < -0.3 is 14.3 Å². The molecule has 6 nitrogen and oxygen atoms in total. The van der Waals surface area contributed by atoms with Crippen molar-refractivity contribution in [2.24, 2.45) is 0 Å². The average molecular weight is 856 g/mol. The van der Waals surface area contributed by atoms with Crippen molar-refractivity contribution in [3.05, 3.63) is 41.0 Å². The highest BCUT2D eigenvalue weighted by Crippen LogP contribution is 2.64. The molecule has 1 amide bonds. The van der Waals surface area contributed by atoms with E-state index in [2.05, 4.69) is 0 Å². The van der Waals surface area contributed by atoms with Crippen molar-refractivity contribution in [1.29, 1.82) is 0 Å². The number of nitrogens with one attached hydrogen (secondary N) is 1. The van der Waals surface area contributed by atoms with Gasteiger partial charge in [-0.3, -0.25) is 10.0 Å². The lowest BCUT2D eigenvalue weighted by molar-refractivity contribution is -0.461. The summed E-state index contributed by atoms with van der Waals surface area (Å²) in [7, 11) is -3.95. The van der Waals surface area contributed by atoms with Crippen molar-refractivity contribution in [2.75, 3.05) is 13.2 Å². The lowest BCUT2D eigenvalue weighted by Crippen LogP contribution is -2.74. The summed E-state index contributed by atoms with van der Waals surface area (Å²) in [6, 6.07) is 4.24. The number of rotatable bonds is 20. The average Bonchev–Trinajstić information content (AvgIpc) is 3.05. The molecule has 0 unspecified atom stereocenters. The van der Waals surface area contributed by atoms with Crippen LogP contribution in [0.4, 0.5) is 74.6 Å². The number of aliphatic hydroxyl groups is 1. The number of ether oxygens (including phenoxy) is 1. The highest BCUT2D eigenvalue weighted by molar-refractivity contribution is 6.76. The molecule has 0 fully saturated rings. The van der Waals surface area contributed by atoms with Crippen LogP contribution >= 0.6 is 0 Å². The van der Waals surface area contributed by atoms with Crippen LogP contribution in [0, 0.1) is 0 Å². The molecule has 3 N–H and O–H groups in total. The first kappa shape index (κ1) is 50.2. The molecule has 0 heterocycles. The van der Waals surface area contributed by atoms with E-state index in [0.717, 1.165) is 0 Å². The van der Waals surface area contributed by atoms with Crippen molar-refractivity contribution in [3.63, 3.8) is 0 Å². The third-order valence-corrected chi connectivity index (χ3v) is 14.8. The zero-order valence-electron chi connectivity index (χ0n) is 29.6. The molecule has 55 heavy (non-hydrogen) atoms. The van der Waals surface area contributed by atoms with Crippen molar-refractivity contribution in [2.45, 2.75) is 125 Å². The number of aliphatic hydroxyl groups excluding tert-OH is 1. The summed E-state index contributed by atoms with van der Waals surface area (Å²) in [6.07, 6.45) is -11.5. The molecule has 0 spiro atoms. The van der Waals surface area contributed by atoms with E-state index in [4.69, 9.17) is 14.4 Å². The number of carbonyl (C=O) groups is 1. The van der Waals surface area contributed by atoms with Gasteiger partial charge in [0.15, 0.2) is 8.32 Å². The van der Waals surface area contributed by atoms with Gasteiger partial charge in [0.05, 0.1) is 12.7 Å². The fourth-order valence-corrected chi connectivity index (χ4v) is 9.84. The van der Waals surface area contributed by atoms with Gasteiger partial charge in [-0.25, -0.2) is 5.48 Å². The summed E-state index contributed by atoms with van der Waals surface area (Å²) in [6.45, 7) is 7.29. The van der Waals surface area contributed by atoms with Crippen LogP contribution in [0.5, 0.6) is 5.75 Å². The lowest BCUT2D eigenvalue weighted by Gasteiger charge is -2.44. The molecule has 0 saturated heterocycles. The van der Waals surface area contributed by atoms with Gasteiger partial charge in [0, 0.05) is 12.0 Å². The zero-order chi connectivity index (χ0) is 43.6. The van der Waals surface area contributed by atoms with E-state index in [-0.39, 0.29) is 17.7 Å². The number of alkyl halides is 17. The van der Waals surface area contributed by atoms with Crippen LogP contribution in [0.3, 0.4) is 0 Å². The SMILES string of the molecule is C/C(C[C@@H](O)c1ccc(OCCO[Si](CCC(F)(F)C(F)(F)C(F)(F)C(F)(F)C(F)(F)C(F)(F)C(F)(F)C(F)(F)F)(C(C)C)C(C)C)cc1)=C(/C)C(=O)NO. The molecule has 0 aliphatic heterocycles. The van der Waals surface area contributed by atoms with E-state index >= 15 is 0 Å². The second-order valence-electron chi connectivity index (χ2n) is 13.2. The zero-order valence-corrected chi connectivity index (χ0v) is 30.6. The van der Waals surface area contributed by atoms with E-state index in [1.807, 2.05) is 0 Å². The third-order valence-electron chi connectivity index (χ3n) is 9.14. The second-order valence-corrected chi connectivity index (χ2v) is 18.3. The summed E-state index contributed by atoms with van der Waals surface area (Å²) in [5.74, 6) is -57.4. The highest BCUT2D eigenvalue weighted by atomic mass is 28.4. The molecule has 1 aromatic carbocycles. The molecule has 320 valence electrons. The van der Waals surface area contributed by atoms with Crippen molar-refractivity contribution in [3.8, 4) is 5.75 Å². The molecule has 1 aromatic rings. The third kappa shape index (κ3) is 9.31. The largest absolute Gasteiger partial charge is 0.491 e. The van der Waals surface area contributed by atoms with Crippen LogP contribution in [0.25, 0.3) is 0 Å². The predicted molar refractivity (Wildman–Crippen MR) is 162 cm³/mol. The number of carbonyl (C=O) groups excluding carboxylic acids is 1. The second kappa shape index (κ2) is 16.9. The maximum Gasteiger partial charge on any atom is 0.460 e. The molecule has 0 aliphatic rings. The highest BCUT2D eigenvalue weighted by Gasteiger charge is 2.95. The van der Waals surface area contributed by atoms with Crippen LogP contribution in [0.2, 0.25) is 17.1 Å². The van der Waals surface area contributed by atoms with Crippen molar-refractivity contribution >= 4 is 14.2 Å². The maximum absolute atomic E-state index is 14.8. The van der Waals surface area contributed by atoms with Gasteiger partial charge in [-0.1, -0.05) is 45.4 Å². The Morgan fingerprint density at radius 1 is 0.691 bits per heavy atom.